The van der Waals surface area contributed by atoms with Crippen molar-refractivity contribution in [3.05, 3.63) is 36.0 Å². The maximum absolute atomic E-state index is 12.2. The lowest BCUT2D eigenvalue weighted by Gasteiger charge is -2.11. The minimum Gasteiger partial charge on any atom is -0.361 e. The Bertz CT molecular complexity index is 543. The normalized spacial score (nSPS) is 19.6. The summed E-state index contributed by atoms with van der Waals surface area (Å²) in [5.41, 5.74) is 1.78. The van der Waals surface area contributed by atoms with E-state index in [4.69, 9.17) is 0 Å². The molecule has 0 saturated carbocycles. The fourth-order valence-corrected chi connectivity index (χ4v) is 3.35. The van der Waals surface area contributed by atoms with Crippen LogP contribution in [0.4, 0.5) is 0 Å². The molecule has 0 bridgehead atoms. The Kier molecular flexibility index (Phi) is 2.81. The van der Waals surface area contributed by atoms with Crippen LogP contribution in [0.25, 0.3) is 10.9 Å². The summed E-state index contributed by atoms with van der Waals surface area (Å²) < 4.78 is 0. The third-order valence-electron chi connectivity index (χ3n) is 3.10. The molecule has 88 valence electrons. The molecule has 2 heterocycles. The molecular weight excluding hydrogens is 232 g/mol. The number of aromatic nitrogens is 1. The fourth-order valence-electron chi connectivity index (χ4n) is 2.19. The van der Waals surface area contributed by atoms with Crippen LogP contribution in [0.2, 0.25) is 0 Å². The summed E-state index contributed by atoms with van der Waals surface area (Å²) in [7, 11) is 0. The smallest absolute Gasteiger partial charge is 0.252 e. The van der Waals surface area contributed by atoms with Gasteiger partial charge in [0.1, 0.15) is 0 Å². The molecule has 17 heavy (non-hydrogen) atoms. The van der Waals surface area contributed by atoms with Crippen LogP contribution in [-0.4, -0.2) is 28.4 Å². The lowest BCUT2D eigenvalue weighted by atomic mass is 10.1. The number of benzene rings is 1. The molecule has 1 atom stereocenters. The third kappa shape index (κ3) is 2.05. The minimum atomic E-state index is 0.0442. The molecule has 1 unspecified atom stereocenters. The van der Waals surface area contributed by atoms with Crippen LogP contribution in [0.1, 0.15) is 16.8 Å². The van der Waals surface area contributed by atoms with E-state index in [1.807, 2.05) is 42.2 Å². The molecule has 1 aliphatic heterocycles. The zero-order chi connectivity index (χ0) is 11.7. The van der Waals surface area contributed by atoms with Gasteiger partial charge >= 0.3 is 0 Å². The number of H-pyrrole nitrogens is 1. The van der Waals surface area contributed by atoms with Gasteiger partial charge in [-0.3, -0.25) is 4.79 Å². The number of hydrogen-bond acceptors (Lipinski definition) is 2. The van der Waals surface area contributed by atoms with Crippen molar-refractivity contribution < 1.29 is 4.79 Å². The van der Waals surface area contributed by atoms with E-state index < -0.39 is 0 Å². The molecule has 1 fully saturated rings. The molecule has 1 aromatic heterocycles. The Hall–Kier alpha value is -1.42. The Morgan fingerprint density at radius 3 is 3.18 bits per heavy atom. The van der Waals surface area contributed by atoms with Gasteiger partial charge in [-0.15, -0.1) is 0 Å². The average molecular weight is 246 g/mol. The van der Waals surface area contributed by atoms with Crippen LogP contribution in [0.5, 0.6) is 0 Å². The number of thioether (sulfide) groups is 1. The monoisotopic (exact) mass is 246 g/mol. The van der Waals surface area contributed by atoms with E-state index in [1.54, 1.807) is 0 Å². The molecule has 4 heteroatoms. The third-order valence-corrected chi connectivity index (χ3v) is 4.27. The molecule has 2 aromatic rings. The van der Waals surface area contributed by atoms with Gasteiger partial charge in [0, 0.05) is 34.5 Å². The van der Waals surface area contributed by atoms with Crippen LogP contribution < -0.4 is 5.32 Å². The molecule has 0 radical (unpaired) electrons. The van der Waals surface area contributed by atoms with Crippen molar-refractivity contribution in [1.82, 2.24) is 10.3 Å². The Labute approximate surface area is 104 Å². The van der Waals surface area contributed by atoms with Crippen LogP contribution in [0.3, 0.4) is 0 Å². The SMILES string of the molecule is O=C(NC1CCSC1)c1cccc2[nH]ccc12. The highest BCUT2D eigenvalue weighted by Crippen LogP contribution is 2.20. The predicted molar refractivity (Wildman–Crippen MR) is 71.5 cm³/mol. The highest BCUT2D eigenvalue weighted by atomic mass is 32.2. The van der Waals surface area contributed by atoms with Crippen LogP contribution in [0, 0.1) is 0 Å². The molecule has 1 saturated heterocycles. The van der Waals surface area contributed by atoms with E-state index in [0.717, 1.165) is 34.4 Å². The van der Waals surface area contributed by atoms with Gasteiger partial charge in [0.2, 0.25) is 0 Å². The van der Waals surface area contributed by atoms with Crippen molar-refractivity contribution in [2.24, 2.45) is 0 Å². The van der Waals surface area contributed by atoms with Crippen LogP contribution in [0.15, 0.2) is 30.5 Å². The topological polar surface area (TPSA) is 44.9 Å². The van der Waals surface area contributed by atoms with Gasteiger partial charge < -0.3 is 10.3 Å². The molecule has 1 aliphatic rings. The second-order valence-corrected chi connectivity index (χ2v) is 5.43. The molecular formula is C13H14N2OS. The van der Waals surface area contributed by atoms with Gasteiger partial charge in [-0.05, 0) is 30.4 Å². The molecule has 1 aromatic carbocycles. The highest BCUT2D eigenvalue weighted by Gasteiger charge is 2.19. The quantitative estimate of drug-likeness (QED) is 0.854. The Morgan fingerprint density at radius 1 is 1.41 bits per heavy atom. The second kappa shape index (κ2) is 4.45. The van der Waals surface area contributed by atoms with Crippen molar-refractivity contribution in [1.29, 1.82) is 0 Å². The highest BCUT2D eigenvalue weighted by molar-refractivity contribution is 7.99. The number of hydrogen-bond donors (Lipinski definition) is 2. The summed E-state index contributed by atoms with van der Waals surface area (Å²) in [6, 6.07) is 8.07. The fraction of sp³-hybridized carbons (Fsp3) is 0.308. The summed E-state index contributed by atoms with van der Waals surface area (Å²) in [6.07, 6.45) is 2.95. The first-order valence-corrected chi connectivity index (χ1v) is 6.95. The minimum absolute atomic E-state index is 0.0442. The van der Waals surface area contributed by atoms with Gasteiger partial charge in [0.15, 0.2) is 0 Å². The van der Waals surface area contributed by atoms with Gasteiger partial charge in [0.05, 0.1) is 0 Å². The summed E-state index contributed by atoms with van der Waals surface area (Å²) in [4.78, 5) is 15.3. The number of amides is 1. The van der Waals surface area contributed by atoms with E-state index in [0.29, 0.717) is 6.04 Å². The zero-order valence-electron chi connectivity index (χ0n) is 9.40. The largest absolute Gasteiger partial charge is 0.361 e. The van der Waals surface area contributed by atoms with E-state index in [1.165, 1.54) is 0 Å². The molecule has 0 spiro atoms. The zero-order valence-corrected chi connectivity index (χ0v) is 10.2. The van der Waals surface area contributed by atoms with E-state index in [9.17, 15) is 4.79 Å². The van der Waals surface area contributed by atoms with Gasteiger partial charge in [-0.25, -0.2) is 0 Å². The van der Waals surface area contributed by atoms with Gasteiger partial charge in [-0.1, -0.05) is 6.07 Å². The predicted octanol–water partition coefficient (Wildman–Crippen LogP) is 2.40. The van der Waals surface area contributed by atoms with Gasteiger partial charge in [0.25, 0.3) is 5.91 Å². The summed E-state index contributed by atoms with van der Waals surface area (Å²) in [5.74, 6) is 2.23. The van der Waals surface area contributed by atoms with Crippen molar-refractivity contribution in [3.8, 4) is 0 Å². The molecule has 3 rings (SSSR count). The Morgan fingerprint density at radius 2 is 2.35 bits per heavy atom. The van der Waals surface area contributed by atoms with Crippen LogP contribution in [-0.2, 0) is 0 Å². The van der Waals surface area contributed by atoms with Crippen molar-refractivity contribution in [2.75, 3.05) is 11.5 Å². The number of rotatable bonds is 2. The molecule has 0 aliphatic carbocycles. The summed E-state index contributed by atoms with van der Waals surface area (Å²) in [6.45, 7) is 0. The Balaban J connectivity index is 1.87. The number of nitrogens with one attached hydrogen (secondary N) is 2. The van der Waals surface area contributed by atoms with Crippen molar-refractivity contribution in [3.63, 3.8) is 0 Å². The summed E-state index contributed by atoms with van der Waals surface area (Å²) in [5, 5.41) is 4.10. The first-order chi connectivity index (χ1) is 8.34. The van der Waals surface area contributed by atoms with E-state index in [2.05, 4.69) is 10.3 Å². The average Bonchev–Trinajstić information content (AvgIpc) is 2.97. The van der Waals surface area contributed by atoms with Crippen molar-refractivity contribution >= 4 is 28.6 Å². The second-order valence-electron chi connectivity index (χ2n) is 4.28. The lowest BCUT2D eigenvalue weighted by Crippen LogP contribution is -2.34. The van der Waals surface area contributed by atoms with Crippen LogP contribution >= 0.6 is 11.8 Å². The standard InChI is InChI=1S/C13H14N2OS/c16-13(15-9-5-7-17-8-9)11-2-1-3-12-10(11)4-6-14-12/h1-4,6,9,14H,5,7-8H2,(H,15,16). The lowest BCUT2D eigenvalue weighted by molar-refractivity contribution is 0.0943. The van der Waals surface area contributed by atoms with E-state index >= 15 is 0 Å². The number of fused-ring (bicyclic) bond motifs is 1. The van der Waals surface area contributed by atoms with Crippen molar-refractivity contribution in [2.45, 2.75) is 12.5 Å². The van der Waals surface area contributed by atoms with Gasteiger partial charge in [-0.2, -0.15) is 11.8 Å². The maximum Gasteiger partial charge on any atom is 0.252 e. The molecule has 2 N–H and O–H groups in total. The summed E-state index contributed by atoms with van der Waals surface area (Å²) >= 11 is 1.90. The maximum atomic E-state index is 12.2. The first-order valence-electron chi connectivity index (χ1n) is 5.79. The molecule has 1 amide bonds. The molecule has 3 nitrogen and oxygen atoms in total. The number of aromatic amines is 1. The van der Waals surface area contributed by atoms with E-state index in [-0.39, 0.29) is 5.91 Å². The first kappa shape index (κ1) is 10.7. The number of carbonyl (C=O) groups excluding carboxylic acids is 1. The number of carbonyl (C=O) groups is 1.